The minimum atomic E-state index is -1.19. The van der Waals surface area contributed by atoms with Crippen molar-refractivity contribution in [1.29, 1.82) is 0 Å². The summed E-state index contributed by atoms with van der Waals surface area (Å²) in [5.41, 5.74) is 1.12. The largest absolute Gasteiger partial charge is 0.366 e. The number of nitrogens with zero attached hydrogens (tertiary/aromatic N) is 2. The second kappa shape index (κ2) is 8.00. The van der Waals surface area contributed by atoms with Crippen molar-refractivity contribution in [1.82, 2.24) is 4.90 Å². The van der Waals surface area contributed by atoms with Gasteiger partial charge in [-0.2, -0.15) is 0 Å². The van der Waals surface area contributed by atoms with E-state index in [1.807, 2.05) is 36.1 Å². The zero-order valence-electron chi connectivity index (χ0n) is 16.5. The molecule has 3 rings (SSSR count). The number of anilines is 2. The van der Waals surface area contributed by atoms with Crippen LogP contribution in [-0.4, -0.2) is 42.9 Å². The first-order valence-electron chi connectivity index (χ1n) is 9.46. The first-order chi connectivity index (χ1) is 13.3. The maximum Gasteiger partial charge on any atom is 0.239 e. The Morgan fingerprint density at radius 3 is 2.18 bits per heavy atom. The topological polar surface area (TPSA) is 52.7 Å². The van der Waals surface area contributed by atoms with Crippen LogP contribution >= 0.6 is 0 Å². The lowest BCUT2D eigenvalue weighted by atomic mass is 9.89. The summed E-state index contributed by atoms with van der Waals surface area (Å²) in [4.78, 5) is 29.3. The number of rotatable bonds is 4. The van der Waals surface area contributed by atoms with Crippen LogP contribution in [0.3, 0.4) is 0 Å². The second-order valence-electron chi connectivity index (χ2n) is 7.68. The lowest BCUT2D eigenvalue weighted by Crippen LogP contribution is -2.54. The van der Waals surface area contributed by atoms with E-state index in [1.54, 1.807) is 36.9 Å². The highest BCUT2D eigenvalue weighted by molar-refractivity contribution is 6.09. The second-order valence-corrected chi connectivity index (χ2v) is 7.68. The molecule has 1 aliphatic rings. The van der Waals surface area contributed by atoms with Crippen LogP contribution in [0, 0.1) is 18.2 Å². The van der Waals surface area contributed by atoms with Gasteiger partial charge < -0.3 is 15.1 Å². The molecule has 0 saturated carbocycles. The van der Waals surface area contributed by atoms with E-state index in [9.17, 15) is 14.0 Å². The Bertz CT molecular complexity index is 856. The number of benzene rings is 2. The van der Waals surface area contributed by atoms with Crippen LogP contribution in [0.25, 0.3) is 0 Å². The third-order valence-electron chi connectivity index (χ3n) is 5.17. The van der Waals surface area contributed by atoms with Crippen molar-refractivity contribution >= 4 is 23.2 Å². The Morgan fingerprint density at radius 1 is 0.964 bits per heavy atom. The number of halogens is 1. The highest BCUT2D eigenvalue weighted by Gasteiger charge is 2.40. The Morgan fingerprint density at radius 2 is 1.57 bits per heavy atom. The number of aryl methyl sites for hydroxylation is 1. The predicted octanol–water partition coefficient (Wildman–Crippen LogP) is 3.45. The van der Waals surface area contributed by atoms with Crippen LogP contribution in [0.4, 0.5) is 15.8 Å². The van der Waals surface area contributed by atoms with Gasteiger partial charge in [-0.25, -0.2) is 4.39 Å². The first-order valence-corrected chi connectivity index (χ1v) is 9.46. The monoisotopic (exact) mass is 383 g/mol. The Kier molecular flexibility index (Phi) is 5.68. The molecule has 1 fully saturated rings. The first kappa shape index (κ1) is 19.9. The quantitative estimate of drug-likeness (QED) is 0.823. The number of nitrogens with one attached hydrogen (secondary N) is 1. The number of piperazine rings is 1. The van der Waals surface area contributed by atoms with Crippen molar-refractivity contribution < 1.29 is 14.0 Å². The Hall–Kier alpha value is -2.89. The molecule has 0 atom stereocenters. The molecule has 6 heteroatoms. The van der Waals surface area contributed by atoms with Crippen molar-refractivity contribution in [2.45, 2.75) is 20.8 Å². The molecule has 0 unspecified atom stereocenters. The fraction of sp³-hybridized carbons (Fsp3) is 0.364. The van der Waals surface area contributed by atoms with Gasteiger partial charge in [0.15, 0.2) is 0 Å². The molecule has 2 aromatic carbocycles. The summed E-state index contributed by atoms with van der Waals surface area (Å²) in [6.07, 6.45) is 0. The SMILES string of the molecule is Cc1ccc(NC(=O)C(C)(C)C(=O)N2CCN(c3ccccc3F)CC2)cc1. The Labute approximate surface area is 165 Å². The van der Waals surface area contributed by atoms with Gasteiger partial charge in [-0.05, 0) is 45.0 Å². The van der Waals surface area contributed by atoms with E-state index in [-0.39, 0.29) is 17.6 Å². The summed E-state index contributed by atoms with van der Waals surface area (Å²) in [6.45, 7) is 7.22. The zero-order valence-corrected chi connectivity index (χ0v) is 16.5. The van der Waals surface area contributed by atoms with E-state index in [1.165, 1.54) is 6.07 Å². The molecule has 1 heterocycles. The van der Waals surface area contributed by atoms with Gasteiger partial charge in [-0.3, -0.25) is 9.59 Å². The third-order valence-corrected chi connectivity index (χ3v) is 5.17. The molecule has 0 bridgehead atoms. The van der Waals surface area contributed by atoms with E-state index < -0.39 is 5.41 Å². The van der Waals surface area contributed by atoms with Gasteiger partial charge in [-0.15, -0.1) is 0 Å². The molecule has 0 aliphatic carbocycles. The van der Waals surface area contributed by atoms with Crippen molar-refractivity contribution in [2.24, 2.45) is 5.41 Å². The highest BCUT2D eigenvalue weighted by Crippen LogP contribution is 2.25. The summed E-state index contributed by atoms with van der Waals surface area (Å²) in [7, 11) is 0. The van der Waals surface area contributed by atoms with Crippen LogP contribution in [0.2, 0.25) is 0 Å². The van der Waals surface area contributed by atoms with Crippen LogP contribution in [0.1, 0.15) is 19.4 Å². The average molecular weight is 383 g/mol. The molecular formula is C22H26FN3O2. The average Bonchev–Trinajstić information content (AvgIpc) is 2.69. The predicted molar refractivity (Wildman–Crippen MR) is 109 cm³/mol. The number of carbonyl (C=O) groups is 2. The lowest BCUT2D eigenvalue weighted by Gasteiger charge is -2.39. The fourth-order valence-electron chi connectivity index (χ4n) is 3.28. The van der Waals surface area contributed by atoms with Gasteiger partial charge >= 0.3 is 0 Å². The highest BCUT2D eigenvalue weighted by atomic mass is 19.1. The number of carbonyl (C=O) groups excluding carboxylic acids is 2. The molecular weight excluding hydrogens is 357 g/mol. The number of amides is 2. The van der Waals surface area contributed by atoms with E-state index in [2.05, 4.69) is 5.32 Å². The number of hydrogen-bond acceptors (Lipinski definition) is 3. The molecule has 2 amide bonds. The molecule has 1 saturated heterocycles. The summed E-state index contributed by atoms with van der Waals surface area (Å²) >= 11 is 0. The normalized spacial score (nSPS) is 14.7. The minimum absolute atomic E-state index is 0.217. The number of hydrogen-bond donors (Lipinski definition) is 1. The molecule has 2 aromatic rings. The molecule has 0 radical (unpaired) electrons. The Balaban J connectivity index is 1.62. The van der Waals surface area contributed by atoms with E-state index in [0.717, 1.165) is 5.56 Å². The standard InChI is InChI=1S/C22H26FN3O2/c1-16-8-10-17(11-9-16)24-20(27)22(2,3)21(28)26-14-12-25(13-15-26)19-7-5-4-6-18(19)23/h4-11H,12-15H2,1-3H3,(H,24,27). The van der Waals surface area contributed by atoms with Crippen molar-refractivity contribution in [2.75, 3.05) is 36.4 Å². The zero-order chi connectivity index (χ0) is 20.3. The molecule has 1 aliphatic heterocycles. The van der Waals surface area contributed by atoms with E-state index in [4.69, 9.17) is 0 Å². The molecule has 28 heavy (non-hydrogen) atoms. The maximum atomic E-state index is 14.0. The molecule has 0 aromatic heterocycles. The van der Waals surface area contributed by atoms with Crippen LogP contribution in [0.5, 0.6) is 0 Å². The number of para-hydroxylation sites is 1. The van der Waals surface area contributed by atoms with E-state index in [0.29, 0.717) is 37.6 Å². The van der Waals surface area contributed by atoms with Crippen LogP contribution in [-0.2, 0) is 9.59 Å². The third kappa shape index (κ3) is 4.16. The molecule has 148 valence electrons. The van der Waals surface area contributed by atoms with Gasteiger partial charge in [0.1, 0.15) is 11.2 Å². The van der Waals surface area contributed by atoms with Gasteiger partial charge in [0, 0.05) is 31.9 Å². The van der Waals surface area contributed by atoms with Crippen molar-refractivity contribution in [3.63, 3.8) is 0 Å². The summed E-state index contributed by atoms with van der Waals surface area (Å²) in [5.74, 6) is -0.816. The summed E-state index contributed by atoms with van der Waals surface area (Å²) in [6, 6.07) is 14.1. The molecule has 0 spiro atoms. The molecule has 1 N–H and O–H groups in total. The summed E-state index contributed by atoms with van der Waals surface area (Å²) in [5, 5.41) is 2.83. The van der Waals surface area contributed by atoms with Crippen molar-refractivity contribution in [3.8, 4) is 0 Å². The van der Waals surface area contributed by atoms with Crippen LogP contribution in [0.15, 0.2) is 48.5 Å². The smallest absolute Gasteiger partial charge is 0.239 e. The van der Waals surface area contributed by atoms with Gasteiger partial charge in [0.05, 0.1) is 5.69 Å². The summed E-state index contributed by atoms with van der Waals surface area (Å²) < 4.78 is 14.0. The molecule has 5 nitrogen and oxygen atoms in total. The fourth-order valence-corrected chi connectivity index (χ4v) is 3.28. The lowest BCUT2D eigenvalue weighted by molar-refractivity contribution is -0.146. The maximum absolute atomic E-state index is 14.0. The van der Waals surface area contributed by atoms with Crippen LogP contribution < -0.4 is 10.2 Å². The van der Waals surface area contributed by atoms with Crippen molar-refractivity contribution in [3.05, 3.63) is 59.9 Å². The minimum Gasteiger partial charge on any atom is -0.366 e. The van der Waals surface area contributed by atoms with Gasteiger partial charge in [0.2, 0.25) is 11.8 Å². The van der Waals surface area contributed by atoms with Gasteiger partial charge in [-0.1, -0.05) is 29.8 Å². The van der Waals surface area contributed by atoms with Gasteiger partial charge in [0.25, 0.3) is 0 Å². The van der Waals surface area contributed by atoms with E-state index >= 15 is 0 Å².